The van der Waals surface area contributed by atoms with Gasteiger partial charge in [-0.3, -0.25) is 9.89 Å². The highest BCUT2D eigenvalue weighted by Crippen LogP contribution is 2.28. The zero-order valence-electron chi connectivity index (χ0n) is 18.2. The topological polar surface area (TPSA) is 69.1 Å². The third-order valence-corrected chi connectivity index (χ3v) is 5.48. The zero-order valence-corrected chi connectivity index (χ0v) is 20.5. The van der Waals surface area contributed by atoms with Crippen LogP contribution in [0.3, 0.4) is 0 Å². The Morgan fingerprint density at radius 2 is 1.97 bits per heavy atom. The van der Waals surface area contributed by atoms with Crippen LogP contribution in [0.15, 0.2) is 23.2 Å². The predicted octanol–water partition coefficient (Wildman–Crippen LogP) is 2.89. The number of rotatable bonds is 10. The van der Waals surface area contributed by atoms with E-state index in [4.69, 9.17) is 4.74 Å². The van der Waals surface area contributed by atoms with E-state index in [9.17, 15) is 13.9 Å². The number of aliphatic hydroxyl groups excluding tert-OH is 1. The molecule has 9 heteroatoms. The Bertz CT molecular complexity index is 698. The Kier molecular flexibility index (Phi) is 11.4. The first-order valence-electron chi connectivity index (χ1n) is 11.0. The van der Waals surface area contributed by atoms with E-state index in [1.54, 1.807) is 6.07 Å². The molecule has 0 radical (unpaired) electrons. The van der Waals surface area contributed by atoms with Crippen LogP contribution in [-0.4, -0.2) is 67.5 Å². The molecule has 1 aromatic carbocycles. The first-order valence-corrected chi connectivity index (χ1v) is 11.0. The fourth-order valence-electron chi connectivity index (χ4n) is 3.55. The summed E-state index contributed by atoms with van der Waals surface area (Å²) in [5.41, 5.74) is 0.785. The van der Waals surface area contributed by atoms with Crippen LogP contribution in [0, 0.1) is 17.6 Å². The van der Waals surface area contributed by atoms with Gasteiger partial charge in [0.05, 0.1) is 19.3 Å². The second kappa shape index (κ2) is 13.5. The van der Waals surface area contributed by atoms with Crippen LogP contribution in [-0.2, 0) is 11.3 Å². The van der Waals surface area contributed by atoms with Crippen molar-refractivity contribution in [1.82, 2.24) is 15.5 Å². The maximum absolute atomic E-state index is 13.4. The molecule has 1 aliphatic heterocycles. The zero-order chi connectivity index (χ0) is 21.3. The number of guanidine groups is 1. The number of piperidine rings is 1. The molecule has 3 N–H and O–H groups in total. The minimum atomic E-state index is -0.809. The summed E-state index contributed by atoms with van der Waals surface area (Å²) in [7, 11) is 0. The van der Waals surface area contributed by atoms with E-state index in [2.05, 4.69) is 20.5 Å². The summed E-state index contributed by atoms with van der Waals surface area (Å²) in [5.74, 6) is -0.211. The largest absolute Gasteiger partial charge is 0.389 e. The minimum absolute atomic E-state index is 0. The number of halogens is 3. The number of nitrogens with zero attached hydrogens (tertiary/aromatic N) is 2. The molecule has 3 rings (SSSR count). The molecule has 1 saturated heterocycles. The molecule has 0 amide bonds. The lowest BCUT2D eigenvalue weighted by atomic mass is 10.0. The van der Waals surface area contributed by atoms with Gasteiger partial charge < -0.3 is 20.5 Å². The maximum Gasteiger partial charge on any atom is 0.191 e. The molecular formula is C22H35F2IN4O2. The van der Waals surface area contributed by atoms with E-state index in [1.165, 1.54) is 25.0 Å². The van der Waals surface area contributed by atoms with Gasteiger partial charge in [-0.2, -0.15) is 0 Å². The van der Waals surface area contributed by atoms with Gasteiger partial charge >= 0.3 is 0 Å². The van der Waals surface area contributed by atoms with Gasteiger partial charge in [0, 0.05) is 38.8 Å². The number of nitrogens with one attached hydrogen (secondary N) is 2. The van der Waals surface area contributed by atoms with Crippen molar-refractivity contribution >= 4 is 29.9 Å². The number of ether oxygens (including phenoxy) is 1. The van der Waals surface area contributed by atoms with Gasteiger partial charge in [-0.05, 0) is 56.2 Å². The van der Waals surface area contributed by atoms with Gasteiger partial charge in [-0.15, -0.1) is 24.0 Å². The van der Waals surface area contributed by atoms with Crippen molar-refractivity contribution in [1.29, 1.82) is 0 Å². The lowest BCUT2D eigenvalue weighted by Gasteiger charge is -2.33. The molecule has 1 atom stereocenters. The normalized spacial score (nSPS) is 19.0. The summed E-state index contributed by atoms with van der Waals surface area (Å²) in [6.07, 6.45) is 3.74. The summed E-state index contributed by atoms with van der Waals surface area (Å²) in [5, 5.41) is 16.7. The van der Waals surface area contributed by atoms with E-state index in [-0.39, 0.29) is 30.0 Å². The molecule has 176 valence electrons. The second-order valence-electron chi connectivity index (χ2n) is 8.30. The van der Waals surface area contributed by atoms with Crippen LogP contribution in [0.25, 0.3) is 0 Å². The molecule has 0 bridgehead atoms. The smallest absolute Gasteiger partial charge is 0.191 e. The third kappa shape index (κ3) is 9.55. The Hall–Kier alpha value is -1.04. The van der Waals surface area contributed by atoms with Crippen LogP contribution in [0.2, 0.25) is 0 Å². The number of aliphatic hydroxyl groups is 1. The maximum atomic E-state index is 13.4. The monoisotopic (exact) mass is 552 g/mol. The van der Waals surface area contributed by atoms with Crippen molar-refractivity contribution in [3.05, 3.63) is 35.4 Å². The lowest BCUT2D eigenvalue weighted by molar-refractivity contribution is 0.0368. The average Bonchev–Trinajstić information content (AvgIpc) is 3.55. The number of hydrogen-bond donors (Lipinski definition) is 3. The van der Waals surface area contributed by atoms with Gasteiger partial charge in [0.1, 0.15) is 0 Å². The highest BCUT2D eigenvalue weighted by Gasteiger charge is 2.22. The molecule has 1 unspecified atom stereocenters. The van der Waals surface area contributed by atoms with Crippen LogP contribution >= 0.6 is 24.0 Å². The lowest BCUT2D eigenvalue weighted by Crippen LogP contribution is -2.48. The van der Waals surface area contributed by atoms with Gasteiger partial charge in [0.25, 0.3) is 0 Å². The SMILES string of the molecule is CCNC(=NCC(O)COCC1CC1)NC1CCN(Cc2ccc(F)c(F)c2)CC1.I. The molecular weight excluding hydrogens is 517 g/mol. The Morgan fingerprint density at radius 3 is 2.61 bits per heavy atom. The molecule has 1 aromatic rings. The van der Waals surface area contributed by atoms with E-state index in [1.807, 2.05) is 6.92 Å². The Balaban J connectivity index is 0.00000341. The summed E-state index contributed by atoms with van der Waals surface area (Å²) in [6, 6.07) is 4.38. The van der Waals surface area contributed by atoms with Gasteiger partial charge in [0.15, 0.2) is 17.6 Å². The molecule has 1 heterocycles. The molecule has 0 spiro atoms. The number of aliphatic imine (C=N–C) groups is 1. The minimum Gasteiger partial charge on any atom is -0.389 e. The van der Waals surface area contributed by atoms with Gasteiger partial charge in [-0.1, -0.05) is 6.07 Å². The van der Waals surface area contributed by atoms with Crippen LogP contribution in [0.4, 0.5) is 8.78 Å². The van der Waals surface area contributed by atoms with Crippen molar-refractivity contribution < 1.29 is 18.6 Å². The number of hydrogen-bond acceptors (Lipinski definition) is 4. The molecule has 6 nitrogen and oxygen atoms in total. The molecule has 1 saturated carbocycles. The average molecular weight is 552 g/mol. The van der Waals surface area contributed by atoms with E-state index in [0.717, 1.165) is 44.6 Å². The van der Waals surface area contributed by atoms with Crippen molar-refractivity contribution in [3.8, 4) is 0 Å². The van der Waals surface area contributed by atoms with E-state index >= 15 is 0 Å². The van der Waals surface area contributed by atoms with Gasteiger partial charge in [0.2, 0.25) is 0 Å². The number of benzene rings is 1. The highest BCUT2D eigenvalue weighted by atomic mass is 127. The van der Waals surface area contributed by atoms with Crippen LogP contribution in [0.5, 0.6) is 0 Å². The third-order valence-electron chi connectivity index (χ3n) is 5.48. The molecule has 1 aliphatic carbocycles. The number of likely N-dealkylation sites (tertiary alicyclic amines) is 1. The Morgan fingerprint density at radius 1 is 1.23 bits per heavy atom. The van der Waals surface area contributed by atoms with Crippen LogP contribution < -0.4 is 10.6 Å². The first-order chi connectivity index (χ1) is 14.5. The summed E-state index contributed by atoms with van der Waals surface area (Å²) < 4.78 is 32.0. The van der Waals surface area contributed by atoms with Crippen LogP contribution in [0.1, 0.15) is 38.2 Å². The van der Waals surface area contributed by atoms with Crippen molar-refractivity contribution in [2.75, 3.05) is 39.4 Å². The molecule has 0 aromatic heterocycles. The standard InChI is InChI=1S/C22H34F2N4O2.HI/c1-2-25-22(26-12-19(29)15-30-14-16-3-4-16)27-18-7-9-28(10-8-18)13-17-5-6-20(23)21(24)11-17;/h5-6,11,16,18-19,29H,2-4,7-10,12-15H2,1H3,(H2,25,26,27);1H. The predicted molar refractivity (Wildman–Crippen MR) is 129 cm³/mol. The van der Waals surface area contributed by atoms with Crippen molar-refractivity contribution in [3.63, 3.8) is 0 Å². The van der Waals surface area contributed by atoms with Crippen molar-refractivity contribution in [2.24, 2.45) is 10.9 Å². The summed E-state index contributed by atoms with van der Waals surface area (Å²) in [6.45, 7) is 6.47. The fourth-order valence-corrected chi connectivity index (χ4v) is 3.55. The second-order valence-corrected chi connectivity index (χ2v) is 8.30. The van der Waals surface area contributed by atoms with Gasteiger partial charge in [-0.25, -0.2) is 8.78 Å². The molecule has 2 fully saturated rings. The quantitative estimate of drug-likeness (QED) is 0.237. The van der Waals surface area contributed by atoms with Crippen molar-refractivity contribution in [2.45, 2.75) is 51.3 Å². The van der Waals surface area contributed by atoms with E-state index < -0.39 is 17.7 Å². The summed E-state index contributed by atoms with van der Waals surface area (Å²) in [4.78, 5) is 6.75. The molecule has 31 heavy (non-hydrogen) atoms. The van der Waals surface area contributed by atoms with E-state index in [0.29, 0.717) is 31.6 Å². The highest BCUT2D eigenvalue weighted by molar-refractivity contribution is 14.0. The molecule has 2 aliphatic rings. The Labute approximate surface area is 200 Å². The first kappa shape index (κ1) is 26.2. The summed E-state index contributed by atoms with van der Waals surface area (Å²) >= 11 is 0. The fraction of sp³-hybridized carbons (Fsp3) is 0.682.